The summed E-state index contributed by atoms with van der Waals surface area (Å²) in [5.41, 5.74) is 3.39. The fourth-order valence-corrected chi connectivity index (χ4v) is 4.32. The molecule has 0 saturated heterocycles. The lowest BCUT2D eigenvalue weighted by molar-refractivity contribution is 0.464. The standard InChI is InChI=1S/C23H21N3O3S/c1-16-13-14-20(15-17(16)2)30(27,28)26-21(18-9-5-3-6-10-18)23-25-24-22(29-23)19-11-7-4-8-12-19/h3-15,21,26H,1-2H3/t21-/m0/s1. The van der Waals surface area contributed by atoms with Crippen LogP contribution in [-0.2, 0) is 10.0 Å². The first-order chi connectivity index (χ1) is 14.4. The summed E-state index contributed by atoms with van der Waals surface area (Å²) in [6.45, 7) is 3.82. The van der Waals surface area contributed by atoms with Crippen LogP contribution in [0.5, 0.6) is 0 Å². The summed E-state index contributed by atoms with van der Waals surface area (Å²) in [5.74, 6) is 0.504. The van der Waals surface area contributed by atoms with E-state index in [2.05, 4.69) is 14.9 Å². The topological polar surface area (TPSA) is 85.1 Å². The van der Waals surface area contributed by atoms with Gasteiger partial charge in [0.1, 0.15) is 6.04 Å². The summed E-state index contributed by atoms with van der Waals surface area (Å²) in [5, 5.41) is 8.25. The molecule has 0 aliphatic heterocycles. The van der Waals surface area contributed by atoms with Gasteiger partial charge in [-0.2, -0.15) is 4.72 Å². The molecule has 1 atom stereocenters. The van der Waals surface area contributed by atoms with Gasteiger partial charge >= 0.3 is 0 Å². The Morgan fingerprint density at radius 2 is 1.50 bits per heavy atom. The molecule has 0 spiro atoms. The van der Waals surface area contributed by atoms with Gasteiger partial charge in [0.15, 0.2) is 0 Å². The van der Waals surface area contributed by atoms with Gasteiger partial charge < -0.3 is 4.42 Å². The van der Waals surface area contributed by atoms with Gasteiger partial charge in [-0.3, -0.25) is 0 Å². The van der Waals surface area contributed by atoms with E-state index in [4.69, 9.17) is 4.42 Å². The van der Waals surface area contributed by atoms with E-state index < -0.39 is 16.1 Å². The van der Waals surface area contributed by atoms with E-state index in [-0.39, 0.29) is 10.8 Å². The second kappa shape index (κ2) is 8.22. The highest BCUT2D eigenvalue weighted by Gasteiger charge is 2.27. The lowest BCUT2D eigenvalue weighted by Crippen LogP contribution is -2.29. The Bertz CT molecular complexity index is 1250. The molecule has 0 saturated carbocycles. The second-order valence-corrected chi connectivity index (χ2v) is 8.74. The molecule has 30 heavy (non-hydrogen) atoms. The minimum Gasteiger partial charge on any atom is -0.419 e. The third-order valence-electron chi connectivity index (χ3n) is 4.90. The van der Waals surface area contributed by atoms with E-state index >= 15 is 0 Å². The number of rotatable bonds is 6. The molecule has 0 radical (unpaired) electrons. The molecule has 0 aliphatic carbocycles. The van der Waals surface area contributed by atoms with Crippen LogP contribution >= 0.6 is 0 Å². The number of hydrogen-bond acceptors (Lipinski definition) is 5. The monoisotopic (exact) mass is 419 g/mol. The van der Waals surface area contributed by atoms with Crippen LogP contribution in [0.15, 0.2) is 88.2 Å². The van der Waals surface area contributed by atoms with Crippen LogP contribution in [0, 0.1) is 13.8 Å². The molecule has 1 N–H and O–H groups in total. The lowest BCUT2D eigenvalue weighted by Gasteiger charge is -2.16. The van der Waals surface area contributed by atoms with Gasteiger partial charge in [-0.05, 0) is 54.8 Å². The Balaban J connectivity index is 1.73. The van der Waals surface area contributed by atoms with Crippen LogP contribution in [-0.4, -0.2) is 18.6 Å². The van der Waals surface area contributed by atoms with Crippen LogP contribution in [0.4, 0.5) is 0 Å². The fraction of sp³-hybridized carbons (Fsp3) is 0.130. The second-order valence-electron chi connectivity index (χ2n) is 7.02. The Kier molecular flexibility index (Phi) is 5.48. The molecule has 0 amide bonds. The maximum Gasteiger partial charge on any atom is 0.247 e. The van der Waals surface area contributed by atoms with Crippen LogP contribution in [0.25, 0.3) is 11.5 Å². The van der Waals surface area contributed by atoms with E-state index in [1.807, 2.05) is 74.5 Å². The molecule has 1 heterocycles. The highest BCUT2D eigenvalue weighted by Crippen LogP contribution is 2.27. The zero-order valence-electron chi connectivity index (χ0n) is 16.6. The predicted molar refractivity (Wildman–Crippen MR) is 114 cm³/mol. The zero-order chi connectivity index (χ0) is 21.1. The maximum absolute atomic E-state index is 13.1. The molecule has 152 valence electrons. The van der Waals surface area contributed by atoms with Crippen LogP contribution in [0.1, 0.15) is 28.6 Å². The lowest BCUT2D eigenvalue weighted by atomic mass is 10.1. The Morgan fingerprint density at radius 3 is 2.17 bits per heavy atom. The fourth-order valence-electron chi connectivity index (χ4n) is 3.06. The third-order valence-corrected chi connectivity index (χ3v) is 6.32. The number of nitrogens with zero attached hydrogens (tertiary/aromatic N) is 2. The average molecular weight is 420 g/mol. The van der Waals surface area contributed by atoms with Gasteiger partial charge in [-0.15, -0.1) is 10.2 Å². The van der Waals surface area contributed by atoms with Crippen molar-refractivity contribution in [1.29, 1.82) is 0 Å². The van der Waals surface area contributed by atoms with Crippen molar-refractivity contribution in [3.05, 3.63) is 101 Å². The molecule has 0 aliphatic rings. The van der Waals surface area contributed by atoms with Crippen molar-refractivity contribution >= 4 is 10.0 Å². The van der Waals surface area contributed by atoms with E-state index in [9.17, 15) is 8.42 Å². The predicted octanol–water partition coefficient (Wildman–Crippen LogP) is 4.42. The molecule has 0 unspecified atom stereocenters. The number of sulfonamides is 1. The minimum absolute atomic E-state index is 0.174. The van der Waals surface area contributed by atoms with Crippen molar-refractivity contribution < 1.29 is 12.8 Å². The quantitative estimate of drug-likeness (QED) is 0.500. The van der Waals surface area contributed by atoms with Crippen molar-refractivity contribution in [2.45, 2.75) is 24.8 Å². The molecular formula is C23H21N3O3S. The van der Waals surface area contributed by atoms with Crippen LogP contribution in [0.3, 0.4) is 0 Å². The first kappa shape index (κ1) is 20.0. The SMILES string of the molecule is Cc1ccc(S(=O)(=O)N[C@@H](c2ccccc2)c2nnc(-c3ccccc3)o2)cc1C. The molecule has 0 bridgehead atoms. The van der Waals surface area contributed by atoms with Gasteiger partial charge in [0.2, 0.25) is 21.8 Å². The Hall–Kier alpha value is -3.29. The molecule has 3 aromatic carbocycles. The summed E-state index contributed by atoms with van der Waals surface area (Å²) in [4.78, 5) is 0.189. The van der Waals surface area contributed by atoms with Gasteiger partial charge in [0.25, 0.3) is 0 Å². The Labute approximate surface area is 175 Å². The van der Waals surface area contributed by atoms with Crippen molar-refractivity contribution in [2.24, 2.45) is 0 Å². The zero-order valence-corrected chi connectivity index (χ0v) is 17.4. The maximum atomic E-state index is 13.1. The molecule has 0 fully saturated rings. The first-order valence-electron chi connectivity index (χ1n) is 9.47. The van der Waals surface area contributed by atoms with Crippen molar-refractivity contribution in [1.82, 2.24) is 14.9 Å². The minimum atomic E-state index is -3.83. The normalized spacial score (nSPS) is 12.6. The number of hydrogen-bond donors (Lipinski definition) is 1. The summed E-state index contributed by atoms with van der Waals surface area (Å²) in [7, 11) is -3.83. The molecule has 6 nitrogen and oxygen atoms in total. The van der Waals surface area contributed by atoms with Crippen molar-refractivity contribution in [3.63, 3.8) is 0 Å². The summed E-state index contributed by atoms with van der Waals surface area (Å²) >= 11 is 0. The number of nitrogens with one attached hydrogen (secondary N) is 1. The van der Waals surface area contributed by atoms with Gasteiger partial charge in [-0.25, -0.2) is 8.42 Å². The van der Waals surface area contributed by atoms with Crippen LogP contribution < -0.4 is 4.72 Å². The van der Waals surface area contributed by atoms with E-state index in [0.29, 0.717) is 11.5 Å². The summed E-state index contributed by atoms with van der Waals surface area (Å²) in [6.07, 6.45) is 0. The highest BCUT2D eigenvalue weighted by atomic mass is 32.2. The van der Waals surface area contributed by atoms with Crippen molar-refractivity contribution in [3.8, 4) is 11.5 Å². The van der Waals surface area contributed by atoms with E-state index in [1.54, 1.807) is 18.2 Å². The van der Waals surface area contributed by atoms with E-state index in [0.717, 1.165) is 16.7 Å². The van der Waals surface area contributed by atoms with Gasteiger partial charge in [-0.1, -0.05) is 54.6 Å². The van der Waals surface area contributed by atoms with Crippen molar-refractivity contribution in [2.75, 3.05) is 0 Å². The highest BCUT2D eigenvalue weighted by molar-refractivity contribution is 7.89. The van der Waals surface area contributed by atoms with Gasteiger partial charge in [0.05, 0.1) is 4.90 Å². The smallest absolute Gasteiger partial charge is 0.247 e. The molecule has 1 aromatic heterocycles. The summed E-state index contributed by atoms with van der Waals surface area (Å²) in [6, 6.07) is 22.7. The van der Waals surface area contributed by atoms with E-state index in [1.165, 1.54) is 0 Å². The Morgan fingerprint density at radius 1 is 0.833 bits per heavy atom. The number of benzene rings is 3. The largest absolute Gasteiger partial charge is 0.419 e. The number of aromatic nitrogens is 2. The molecular weight excluding hydrogens is 398 g/mol. The molecule has 4 rings (SSSR count). The van der Waals surface area contributed by atoms with Gasteiger partial charge in [0, 0.05) is 5.56 Å². The summed E-state index contributed by atoms with van der Waals surface area (Å²) < 4.78 is 34.8. The average Bonchev–Trinajstić information content (AvgIpc) is 3.25. The first-order valence-corrected chi connectivity index (χ1v) is 11.0. The van der Waals surface area contributed by atoms with Crippen LogP contribution in [0.2, 0.25) is 0 Å². The third kappa shape index (κ3) is 4.17. The molecule has 4 aromatic rings. The number of aryl methyl sites for hydroxylation is 2. The molecule has 7 heteroatoms.